The summed E-state index contributed by atoms with van der Waals surface area (Å²) in [6.07, 6.45) is 12.0. The van der Waals surface area contributed by atoms with Crippen molar-refractivity contribution in [3.8, 4) is 0 Å². The molecule has 0 aromatic heterocycles. The average molecular weight is 749 g/mol. The minimum Gasteiger partial charge on any atom is -0.393 e. The third-order valence-electron chi connectivity index (χ3n) is 16.1. The summed E-state index contributed by atoms with van der Waals surface area (Å²) in [4.78, 5) is 2.50. The maximum Gasteiger partial charge on any atom is 0.160 e. The summed E-state index contributed by atoms with van der Waals surface area (Å²) in [5.74, 6) is 4.41. The average Bonchev–Trinajstić information content (AvgIpc) is 3.44. The number of nitrogens with one attached hydrogen (secondary N) is 1. The van der Waals surface area contributed by atoms with Crippen LogP contribution in [0.3, 0.4) is 0 Å². The van der Waals surface area contributed by atoms with Crippen LogP contribution >= 0.6 is 0 Å². The molecule has 3 aliphatic heterocycles. The lowest BCUT2D eigenvalue weighted by atomic mass is 9.44. The van der Waals surface area contributed by atoms with E-state index in [9.17, 15) is 15.3 Å². The smallest absolute Gasteiger partial charge is 0.160 e. The van der Waals surface area contributed by atoms with Gasteiger partial charge in [-0.15, -0.1) is 0 Å². The number of aliphatic hydroxyl groups is 3. The van der Waals surface area contributed by atoms with Crippen LogP contribution in [0.25, 0.3) is 0 Å². The molecule has 16 unspecified atom stereocenters. The number of morpholine rings is 1. The van der Waals surface area contributed by atoms with Crippen molar-refractivity contribution in [1.82, 2.24) is 10.2 Å². The Balaban J connectivity index is 0.997. The van der Waals surface area contributed by atoms with Crippen LogP contribution in [0.5, 0.6) is 0 Å². The van der Waals surface area contributed by atoms with E-state index in [4.69, 9.17) is 23.7 Å². The first-order valence-corrected chi connectivity index (χ1v) is 22.1. The number of hydrogen-bond donors (Lipinski definition) is 4. The molecule has 0 spiro atoms. The van der Waals surface area contributed by atoms with E-state index in [-0.39, 0.29) is 24.2 Å². The Labute approximate surface area is 320 Å². The second-order valence-electron chi connectivity index (χ2n) is 19.5. The molecule has 0 amide bonds. The first-order chi connectivity index (χ1) is 25.5. The fourth-order valence-corrected chi connectivity index (χ4v) is 13.1. The summed E-state index contributed by atoms with van der Waals surface area (Å²) in [5.41, 5.74) is 0.573. The number of hydrogen-bond acceptors (Lipinski definition) is 10. The van der Waals surface area contributed by atoms with Crippen molar-refractivity contribution in [2.45, 2.75) is 161 Å². The van der Waals surface area contributed by atoms with Crippen LogP contribution in [-0.4, -0.2) is 122 Å². The molecule has 0 aromatic rings. The van der Waals surface area contributed by atoms with Crippen molar-refractivity contribution in [2.24, 2.45) is 52.3 Å². The minimum atomic E-state index is -0.738. The molecule has 3 saturated heterocycles. The van der Waals surface area contributed by atoms with Gasteiger partial charge in [0.25, 0.3) is 0 Å². The number of fused-ring (bicyclic) bond motifs is 5. The highest BCUT2D eigenvalue weighted by atomic mass is 16.7. The van der Waals surface area contributed by atoms with Crippen LogP contribution in [0, 0.1) is 52.3 Å². The van der Waals surface area contributed by atoms with Crippen molar-refractivity contribution < 1.29 is 39.0 Å². The Morgan fingerprint density at radius 1 is 0.774 bits per heavy atom. The van der Waals surface area contributed by atoms with E-state index in [2.05, 4.69) is 37.9 Å². The van der Waals surface area contributed by atoms with E-state index >= 15 is 0 Å². The molecule has 7 rings (SSSR count). The van der Waals surface area contributed by atoms with Crippen LogP contribution in [0.1, 0.15) is 118 Å². The fourth-order valence-electron chi connectivity index (χ4n) is 13.1. The number of ether oxygens (including phenoxy) is 5. The van der Waals surface area contributed by atoms with Gasteiger partial charge in [0.2, 0.25) is 0 Å². The van der Waals surface area contributed by atoms with Crippen molar-refractivity contribution in [2.75, 3.05) is 59.2 Å². The van der Waals surface area contributed by atoms with Crippen LogP contribution in [0.2, 0.25) is 0 Å². The van der Waals surface area contributed by atoms with Crippen molar-refractivity contribution in [3.63, 3.8) is 0 Å². The van der Waals surface area contributed by atoms with Gasteiger partial charge in [0.15, 0.2) is 12.6 Å². The molecule has 0 bridgehead atoms. The molecule has 4 N–H and O–H groups in total. The highest BCUT2D eigenvalue weighted by Crippen LogP contribution is 2.69. The third-order valence-corrected chi connectivity index (χ3v) is 16.1. The van der Waals surface area contributed by atoms with E-state index in [0.717, 1.165) is 77.0 Å². The lowest BCUT2D eigenvalue weighted by molar-refractivity contribution is -0.282. The third kappa shape index (κ3) is 9.34. The molecule has 7 fully saturated rings. The first kappa shape index (κ1) is 40.8. The van der Waals surface area contributed by atoms with Crippen molar-refractivity contribution in [1.29, 1.82) is 0 Å². The highest BCUT2D eigenvalue weighted by Gasteiger charge is 2.63. The second-order valence-corrected chi connectivity index (χ2v) is 19.5. The standard InChI is InChI=1S/C43H76N2O8/c1-28(26-44-15-16-45-17-20-49-21-18-45)6-5-7-29(2)41-38(53-40-25-37(36(48)27-51-40)52-39-23-32(47)12-19-50-39)24-35-33-9-8-30-22-31(46)10-13-42(30,3)34(33)11-14-43(35,41)4/h28-41,44,46-48H,5-27H2,1-4H3. The van der Waals surface area contributed by atoms with E-state index in [1.807, 2.05) is 0 Å². The summed E-state index contributed by atoms with van der Waals surface area (Å²) in [7, 11) is 0. The molecular weight excluding hydrogens is 672 g/mol. The van der Waals surface area contributed by atoms with Crippen LogP contribution < -0.4 is 5.32 Å². The predicted octanol–water partition coefficient (Wildman–Crippen LogP) is 5.36. The molecule has 4 aliphatic carbocycles. The van der Waals surface area contributed by atoms with Crippen LogP contribution in [-0.2, 0) is 23.7 Å². The van der Waals surface area contributed by atoms with Gasteiger partial charge in [-0.3, -0.25) is 4.90 Å². The first-order valence-electron chi connectivity index (χ1n) is 22.1. The van der Waals surface area contributed by atoms with Gasteiger partial charge in [0, 0.05) is 39.0 Å². The van der Waals surface area contributed by atoms with Crippen molar-refractivity contribution in [3.05, 3.63) is 0 Å². The predicted molar refractivity (Wildman–Crippen MR) is 204 cm³/mol. The Bertz CT molecular complexity index is 1140. The molecular formula is C43H76N2O8. The van der Waals surface area contributed by atoms with E-state index in [0.29, 0.717) is 60.9 Å². The molecule has 3 heterocycles. The minimum absolute atomic E-state index is 0.113. The Morgan fingerprint density at radius 3 is 2.34 bits per heavy atom. The maximum atomic E-state index is 10.9. The van der Waals surface area contributed by atoms with Gasteiger partial charge >= 0.3 is 0 Å². The van der Waals surface area contributed by atoms with Gasteiger partial charge in [-0.2, -0.15) is 0 Å². The molecule has 0 radical (unpaired) electrons. The van der Waals surface area contributed by atoms with Gasteiger partial charge in [0.1, 0.15) is 6.10 Å². The quantitative estimate of drug-likeness (QED) is 0.173. The number of nitrogens with zero attached hydrogens (tertiary/aromatic N) is 1. The normalized spacial score (nSPS) is 46.2. The summed E-state index contributed by atoms with van der Waals surface area (Å²) in [6, 6.07) is 0. The van der Waals surface area contributed by atoms with E-state index in [1.165, 1.54) is 51.4 Å². The monoisotopic (exact) mass is 749 g/mol. The summed E-state index contributed by atoms with van der Waals surface area (Å²) in [6.45, 7) is 17.8. The molecule has 10 nitrogen and oxygen atoms in total. The molecule has 16 atom stereocenters. The van der Waals surface area contributed by atoms with Gasteiger partial charge in [-0.25, -0.2) is 0 Å². The van der Waals surface area contributed by atoms with Crippen molar-refractivity contribution >= 4 is 0 Å². The summed E-state index contributed by atoms with van der Waals surface area (Å²) >= 11 is 0. The summed E-state index contributed by atoms with van der Waals surface area (Å²) in [5, 5.41) is 35.4. The zero-order valence-corrected chi connectivity index (χ0v) is 33.7. The molecule has 10 heteroatoms. The molecule has 7 aliphatic rings. The van der Waals surface area contributed by atoms with Crippen LogP contribution in [0.4, 0.5) is 0 Å². The highest BCUT2D eigenvalue weighted by molar-refractivity contribution is 5.12. The van der Waals surface area contributed by atoms with Crippen LogP contribution in [0.15, 0.2) is 0 Å². The van der Waals surface area contributed by atoms with Gasteiger partial charge < -0.3 is 44.3 Å². The molecule has 0 aromatic carbocycles. The van der Waals surface area contributed by atoms with Gasteiger partial charge in [-0.1, -0.05) is 40.5 Å². The number of rotatable bonds is 14. The lowest BCUT2D eigenvalue weighted by Crippen LogP contribution is -2.54. The van der Waals surface area contributed by atoms with Gasteiger partial charge in [-0.05, 0) is 123 Å². The maximum absolute atomic E-state index is 10.9. The largest absolute Gasteiger partial charge is 0.393 e. The molecule has 4 saturated carbocycles. The lowest BCUT2D eigenvalue weighted by Gasteiger charge is -2.61. The zero-order chi connectivity index (χ0) is 37.2. The fraction of sp³-hybridized carbons (Fsp3) is 1.00. The Morgan fingerprint density at radius 2 is 1.53 bits per heavy atom. The topological polar surface area (TPSA) is 122 Å². The number of aliphatic hydroxyl groups excluding tert-OH is 3. The van der Waals surface area contributed by atoms with E-state index < -0.39 is 30.9 Å². The summed E-state index contributed by atoms with van der Waals surface area (Å²) < 4.78 is 30.9. The molecule has 53 heavy (non-hydrogen) atoms. The SMILES string of the molecule is CC(CCCC(C)C1C(OC2CC(OC3CC(O)CCO3)C(O)CO2)CC2C3CCC4CC(O)CCC4(C)C3CCC21C)CNCCN1CCOCC1. The Kier molecular flexibility index (Phi) is 13.9. The second kappa shape index (κ2) is 18.0. The zero-order valence-electron chi connectivity index (χ0n) is 33.7. The molecule has 306 valence electrons. The van der Waals surface area contributed by atoms with Gasteiger partial charge in [0.05, 0.1) is 50.8 Å². The van der Waals surface area contributed by atoms with E-state index in [1.54, 1.807) is 0 Å². The Hall–Kier alpha value is -0.400.